The second kappa shape index (κ2) is 14.2. The van der Waals surface area contributed by atoms with Crippen LogP contribution >= 0.6 is 0 Å². The summed E-state index contributed by atoms with van der Waals surface area (Å²) in [5.41, 5.74) is 5.61. The van der Waals surface area contributed by atoms with Crippen molar-refractivity contribution in [3.63, 3.8) is 0 Å². The second-order valence-corrected chi connectivity index (χ2v) is 9.96. The molecule has 5 aromatic carbocycles. The molecule has 0 atom stereocenters. The molecule has 2 amide bonds. The first-order chi connectivity index (χ1) is 21.4. The van der Waals surface area contributed by atoms with E-state index in [9.17, 15) is 9.59 Å². The number of amides is 2. The smallest absolute Gasteiger partial charge is 0.255 e. The molecule has 44 heavy (non-hydrogen) atoms. The number of rotatable bonds is 8. The number of benzene rings is 5. The molecule has 0 aliphatic carbocycles. The molecule has 5 rings (SSSR count). The zero-order valence-corrected chi connectivity index (χ0v) is 24.4. The number of nitrogens with zero attached hydrogens (tertiary/aromatic N) is 2. The van der Waals surface area contributed by atoms with Crippen LogP contribution in [0.25, 0.3) is 0 Å². The minimum absolute atomic E-state index is 0.275. The van der Waals surface area contributed by atoms with Crippen molar-refractivity contribution in [2.24, 2.45) is 9.98 Å². The Labute approximate surface area is 256 Å². The van der Waals surface area contributed by atoms with E-state index in [2.05, 4.69) is 31.3 Å². The lowest BCUT2D eigenvalue weighted by atomic mass is 10.1. The van der Waals surface area contributed by atoms with Gasteiger partial charge in [0.2, 0.25) is 0 Å². The standard InChI is InChI=1S/C36H32N6O2/c1-25(37-29-9-5-3-6-10-29)39-31-17-21-33(22-18-31)41-35(43)27-13-15-28(16-14-27)36(44)42-34-23-19-32(20-24-34)40-26(2)38-30-11-7-4-8-12-30/h3-24H,1-2H3,(H,37,39)(H,38,40)(H,41,43)(H,42,44). The van der Waals surface area contributed by atoms with E-state index in [4.69, 9.17) is 0 Å². The summed E-state index contributed by atoms with van der Waals surface area (Å²) in [5, 5.41) is 12.3. The molecular formula is C36H32N6O2. The average Bonchev–Trinajstić information content (AvgIpc) is 3.04. The van der Waals surface area contributed by atoms with E-state index in [1.54, 1.807) is 48.5 Å². The van der Waals surface area contributed by atoms with E-state index in [-0.39, 0.29) is 11.8 Å². The molecule has 4 N–H and O–H groups in total. The zero-order chi connectivity index (χ0) is 30.7. The third kappa shape index (κ3) is 8.50. The molecule has 0 bridgehead atoms. The van der Waals surface area contributed by atoms with Crippen molar-refractivity contribution in [1.29, 1.82) is 0 Å². The van der Waals surface area contributed by atoms with Crippen molar-refractivity contribution in [3.8, 4) is 0 Å². The number of amidine groups is 2. The first-order valence-electron chi connectivity index (χ1n) is 14.1. The van der Waals surface area contributed by atoms with Gasteiger partial charge >= 0.3 is 0 Å². The Morgan fingerprint density at radius 1 is 0.409 bits per heavy atom. The molecule has 5 aromatic rings. The fourth-order valence-electron chi connectivity index (χ4n) is 4.32. The summed E-state index contributed by atoms with van der Waals surface area (Å²) in [5.74, 6) is 0.961. The van der Waals surface area contributed by atoms with E-state index < -0.39 is 0 Å². The number of anilines is 4. The van der Waals surface area contributed by atoms with E-state index in [1.165, 1.54) is 0 Å². The fourth-order valence-corrected chi connectivity index (χ4v) is 4.32. The number of hydrogen-bond acceptors (Lipinski definition) is 4. The summed E-state index contributed by atoms with van der Waals surface area (Å²) in [7, 11) is 0. The molecule has 0 unspecified atom stereocenters. The van der Waals surface area contributed by atoms with E-state index in [0.717, 1.165) is 34.4 Å². The van der Waals surface area contributed by atoms with Crippen LogP contribution in [0.3, 0.4) is 0 Å². The largest absolute Gasteiger partial charge is 0.344 e. The van der Waals surface area contributed by atoms with Crippen LogP contribution in [0, 0.1) is 0 Å². The Balaban J connectivity index is 1.12. The molecule has 0 fully saturated rings. The van der Waals surface area contributed by atoms with Crippen molar-refractivity contribution < 1.29 is 9.59 Å². The predicted molar refractivity (Wildman–Crippen MR) is 181 cm³/mol. The lowest BCUT2D eigenvalue weighted by Crippen LogP contribution is -2.14. The predicted octanol–water partition coefficient (Wildman–Crippen LogP) is 8.52. The average molecular weight is 581 g/mol. The molecule has 0 aliphatic rings. The van der Waals surface area contributed by atoms with Gasteiger partial charge in [-0.15, -0.1) is 0 Å². The van der Waals surface area contributed by atoms with Gasteiger partial charge in [0.1, 0.15) is 11.7 Å². The molecule has 0 aromatic heterocycles. The Morgan fingerprint density at radius 3 is 1.07 bits per heavy atom. The molecular weight excluding hydrogens is 548 g/mol. The Hall–Kier alpha value is -6.02. The van der Waals surface area contributed by atoms with Crippen LogP contribution < -0.4 is 21.3 Å². The lowest BCUT2D eigenvalue weighted by molar-refractivity contribution is 0.101. The summed E-state index contributed by atoms with van der Waals surface area (Å²) in [6, 6.07) is 40.7. The minimum atomic E-state index is -0.275. The summed E-state index contributed by atoms with van der Waals surface area (Å²) in [6.07, 6.45) is 0. The molecule has 8 heteroatoms. The highest BCUT2D eigenvalue weighted by Crippen LogP contribution is 2.20. The number of hydrogen-bond donors (Lipinski definition) is 4. The zero-order valence-electron chi connectivity index (χ0n) is 24.4. The van der Waals surface area contributed by atoms with Gasteiger partial charge in [0.05, 0.1) is 11.4 Å². The Kier molecular flexibility index (Phi) is 9.54. The first kappa shape index (κ1) is 29.5. The van der Waals surface area contributed by atoms with Crippen LogP contribution in [0.15, 0.2) is 143 Å². The van der Waals surface area contributed by atoms with Crippen LogP contribution in [-0.4, -0.2) is 23.5 Å². The van der Waals surface area contributed by atoms with Gasteiger partial charge < -0.3 is 21.3 Å². The molecule has 0 saturated heterocycles. The number of aliphatic imine (C=N–C) groups is 2. The molecule has 0 spiro atoms. The highest BCUT2D eigenvalue weighted by Gasteiger charge is 2.10. The molecule has 8 nitrogen and oxygen atoms in total. The van der Waals surface area contributed by atoms with Crippen molar-refractivity contribution in [3.05, 3.63) is 145 Å². The van der Waals surface area contributed by atoms with Crippen LogP contribution in [0.5, 0.6) is 0 Å². The first-order valence-corrected chi connectivity index (χ1v) is 14.1. The maximum absolute atomic E-state index is 12.8. The number of nitrogens with one attached hydrogen (secondary N) is 4. The van der Waals surface area contributed by atoms with Gasteiger partial charge in [-0.2, -0.15) is 0 Å². The lowest BCUT2D eigenvalue weighted by Gasteiger charge is -2.09. The van der Waals surface area contributed by atoms with E-state index >= 15 is 0 Å². The molecule has 0 aliphatic heterocycles. The molecule has 0 saturated carbocycles. The van der Waals surface area contributed by atoms with Crippen LogP contribution in [0.1, 0.15) is 34.6 Å². The van der Waals surface area contributed by atoms with Crippen molar-refractivity contribution in [2.45, 2.75) is 13.8 Å². The minimum Gasteiger partial charge on any atom is -0.344 e. The topological polar surface area (TPSA) is 107 Å². The highest BCUT2D eigenvalue weighted by molar-refractivity contribution is 6.07. The fraction of sp³-hybridized carbons (Fsp3) is 0.0556. The summed E-state index contributed by atoms with van der Waals surface area (Å²) in [6.45, 7) is 3.79. The van der Waals surface area contributed by atoms with Crippen LogP contribution in [-0.2, 0) is 0 Å². The SMILES string of the molecule is CC(=Nc1ccc(NC(=O)c2ccc(C(=O)Nc3ccc(N=C(C)Nc4ccccc4)cc3)cc2)cc1)Nc1ccccc1. The molecule has 218 valence electrons. The normalized spacial score (nSPS) is 11.4. The van der Waals surface area contributed by atoms with Crippen molar-refractivity contribution in [1.82, 2.24) is 0 Å². The summed E-state index contributed by atoms with van der Waals surface area (Å²) in [4.78, 5) is 34.7. The molecule has 0 radical (unpaired) electrons. The van der Waals surface area contributed by atoms with E-state index in [1.807, 2.05) is 98.8 Å². The van der Waals surface area contributed by atoms with Gasteiger partial charge in [0.25, 0.3) is 11.8 Å². The Bertz CT molecular complexity index is 1630. The van der Waals surface area contributed by atoms with Crippen molar-refractivity contribution >= 4 is 57.6 Å². The molecule has 0 heterocycles. The quantitative estimate of drug-likeness (QED) is 0.109. The van der Waals surface area contributed by atoms with Gasteiger partial charge in [-0.1, -0.05) is 36.4 Å². The van der Waals surface area contributed by atoms with Gasteiger partial charge in [0, 0.05) is 33.9 Å². The highest BCUT2D eigenvalue weighted by atomic mass is 16.2. The van der Waals surface area contributed by atoms with Gasteiger partial charge in [-0.05, 0) is 111 Å². The summed E-state index contributed by atoms with van der Waals surface area (Å²) >= 11 is 0. The third-order valence-corrected chi connectivity index (χ3v) is 6.45. The number of carbonyl (C=O) groups is 2. The number of carbonyl (C=O) groups excluding carboxylic acids is 2. The van der Waals surface area contributed by atoms with Crippen molar-refractivity contribution in [2.75, 3.05) is 21.3 Å². The maximum atomic E-state index is 12.8. The van der Waals surface area contributed by atoms with Gasteiger partial charge in [-0.25, -0.2) is 9.98 Å². The monoisotopic (exact) mass is 580 g/mol. The van der Waals surface area contributed by atoms with Crippen LogP contribution in [0.4, 0.5) is 34.1 Å². The van der Waals surface area contributed by atoms with E-state index in [0.29, 0.717) is 22.5 Å². The maximum Gasteiger partial charge on any atom is 0.255 e. The van der Waals surface area contributed by atoms with Crippen LogP contribution in [0.2, 0.25) is 0 Å². The third-order valence-electron chi connectivity index (χ3n) is 6.45. The summed E-state index contributed by atoms with van der Waals surface area (Å²) < 4.78 is 0. The second-order valence-electron chi connectivity index (χ2n) is 9.96. The Morgan fingerprint density at radius 2 is 0.727 bits per heavy atom. The van der Waals surface area contributed by atoms with Gasteiger partial charge in [-0.3, -0.25) is 9.59 Å². The number of para-hydroxylation sites is 2. The van der Waals surface area contributed by atoms with Gasteiger partial charge in [0.15, 0.2) is 0 Å².